The smallest absolute Gasteiger partial charge is 0.255 e. The Morgan fingerprint density at radius 2 is 2.11 bits per heavy atom. The minimum Gasteiger partial charge on any atom is -0.484 e. The third kappa shape index (κ3) is 3.71. The molecule has 4 nitrogen and oxygen atoms in total. The first-order valence-electron chi connectivity index (χ1n) is 5.33. The van der Waals surface area contributed by atoms with Gasteiger partial charge in [-0.1, -0.05) is 6.07 Å². The monoisotopic (exact) mass is 260 g/mol. The van der Waals surface area contributed by atoms with Crippen LogP contribution in [0.25, 0.3) is 0 Å². The van der Waals surface area contributed by atoms with Gasteiger partial charge in [0.1, 0.15) is 5.75 Å². The molecule has 0 bridgehead atoms. The molecular formula is C13H12N2O2S. The maximum absolute atomic E-state index is 10.5. The van der Waals surface area contributed by atoms with Crippen molar-refractivity contribution >= 4 is 29.1 Å². The van der Waals surface area contributed by atoms with Crippen molar-refractivity contribution in [1.29, 1.82) is 0 Å². The molecule has 1 heterocycles. The van der Waals surface area contributed by atoms with Crippen molar-refractivity contribution in [2.45, 2.75) is 0 Å². The van der Waals surface area contributed by atoms with Gasteiger partial charge in [0.25, 0.3) is 5.91 Å². The molecule has 1 aromatic heterocycles. The van der Waals surface area contributed by atoms with Gasteiger partial charge < -0.3 is 10.5 Å². The van der Waals surface area contributed by atoms with Gasteiger partial charge in [-0.25, -0.2) is 0 Å². The number of benzene rings is 1. The van der Waals surface area contributed by atoms with E-state index in [0.29, 0.717) is 5.75 Å². The molecule has 2 rings (SSSR count). The third-order valence-corrected chi connectivity index (χ3v) is 2.91. The molecule has 92 valence electrons. The highest BCUT2D eigenvalue weighted by Crippen LogP contribution is 2.18. The Morgan fingerprint density at radius 1 is 1.33 bits per heavy atom. The Bertz CT molecular complexity index is 533. The van der Waals surface area contributed by atoms with E-state index in [1.807, 2.05) is 35.9 Å². The number of ether oxygens (including phenoxy) is 1. The molecule has 0 radical (unpaired) electrons. The molecule has 0 aliphatic heterocycles. The lowest BCUT2D eigenvalue weighted by Gasteiger charge is -2.02. The Morgan fingerprint density at radius 3 is 2.72 bits per heavy atom. The van der Waals surface area contributed by atoms with E-state index >= 15 is 0 Å². The quantitative estimate of drug-likeness (QED) is 0.839. The van der Waals surface area contributed by atoms with Gasteiger partial charge in [0.05, 0.1) is 5.69 Å². The summed E-state index contributed by atoms with van der Waals surface area (Å²) in [4.78, 5) is 16.0. The Kier molecular flexibility index (Phi) is 4.09. The van der Waals surface area contributed by atoms with Crippen LogP contribution in [0.5, 0.6) is 5.75 Å². The van der Waals surface area contributed by atoms with Crippen LogP contribution in [0.1, 0.15) is 4.88 Å². The topological polar surface area (TPSA) is 64.7 Å². The fourth-order valence-corrected chi connectivity index (χ4v) is 1.87. The predicted octanol–water partition coefficient (Wildman–Crippen LogP) is 2.36. The number of thiophene rings is 1. The molecule has 0 aliphatic carbocycles. The van der Waals surface area contributed by atoms with E-state index in [2.05, 4.69) is 4.99 Å². The molecule has 1 aromatic carbocycles. The molecule has 5 heteroatoms. The fourth-order valence-electron chi connectivity index (χ4n) is 1.29. The molecule has 0 spiro atoms. The van der Waals surface area contributed by atoms with Crippen molar-refractivity contribution in [2.75, 3.05) is 6.61 Å². The average Bonchev–Trinajstić information content (AvgIpc) is 2.88. The number of amides is 1. The molecule has 2 aromatic rings. The van der Waals surface area contributed by atoms with E-state index in [1.165, 1.54) is 0 Å². The molecule has 0 aliphatic rings. The molecule has 2 N–H and O–H groups in total. The largest absolute Gasteiger partial charge is 0.484 e. The lowest BCUT2D eigenvalue weighted by Crippen LogP contribution is -2.19. The number of nitrogens with two attached hydrogens (primary N) is 1. The second-order valence-corrected chi connectivity index (χ2v) is 4.50. The number of aliphatic imine (C=N–C) groups is 1. The van der Waals surface area contributed by atoms with Crippen LogP contribution in [0.15, 0.2) is 46.8 Å². The zero-order chi connectivity index (χ0) is 12.8. The van der Waals surface area contributed by atoms with E-state index < -0.39 is 5.91 Å². The van der Waals surface area contributed by atoms with E-state index in [0.717, 1.165) is 10.6 Å². The van der Waals surface area contributed by atoms with Gasteiger partial charge in [-0.05, 0) is 35.7 Å². The van der Waals surface area contributed by atoms with Crippen molar-refractivity contribution in [3.8, 4) is 5.75 Å². The van der Waals surface area contributed by atoms with Gasteiger partial charge in [0.2, 0.25) is 0 Å². The lowest BCUT2D eigenvalue weighted by molar-refractivity contribution is -0.119. The summed E-state index contributed by atoms with van der Waals surface area (Å²) in [6.07, 6.45) is 1.81. The van der Waals surface area contributed by atoms with Gasteiger partial charge in [-0.3, -0.25) is 9.79 Å². The second-order valence-electron chi connectivity index (χ2n) is 3.52. The highest BCUT2D eigenvalue weighted by molar-refractivity contribution is 7.11. The zero-order valence-electron chi connectivity index (χ0n) is 9.58. The normalized spacial score (nSPS) is 10.7. The Labute approximate surface area is 109 Å². The summed E-state index contributed by atoms with van der Waals surface area (Å²) in [5.41, 5.74) is 5.81. The molecule has 1 amide bonds. The predicted molar refractivity (Wildman–Crippen MR) is 72.7 cm³/mol. The molecule has 0 fully saturated rings. The second kappa shape index (κ2) is 5.97. The minimum atomic E-state index is -0.491. The SMILES string of the molecule is NC(=O)COc1ccc(N=Cc2cccs2)cc1. The van der Waals surface area contributed by atoms with Crippen molar-refractivity contribution in [2.24, 2.45) is 10.7 Å². The van der Waals surface area contributed by atoms with Crippen LogP contribution in [-0.4, -0.2) is 18.7 Å². The zero-order valence-corrected chi connectivity index (χ0v) is 10.4. The molecule has 18 heavy (non-hydrogen) atoms. The molecular weight excluding hydrogens is 248 g/mol. The van der Waals surface area contributed by atoms with Gasteiger partial charge in [0.15, 0.2) is 6.61 Å². The summed E-state index contributed by atoms with van der Waals surface area (Å²) in [6, 6.07) is 11.1. The lowest BCUT2D eigenvalue weighted by atomic mass is 10.3. The molecule has 0 saturated carbocycles. The summed E-state index contributed by atoms with van der Waals surface area (Å²) in [7, 11) is 0. The van der Waals surface area contributed by atoms with Gasteiger partial charge in [-0.15, -0.1) is 11.3 Å². The summed E-state index contributed by atoms with van der Waals surface area (Å²) in [5.74, 6) is 0.110. The van der Waals surface area contributed by atoms with Crippen molar-refractivity contribution in [3.63, 3.8) is 0 Å². The van der Waals surface area contributed by atoms with Crippen molar-refractivity contribution in [3.05, 3.63) is 46.7 Å². The first-order chi connectivity index (χ1) is 8.74. The summed E-state index contributed by atoms with van der Waals surface area (Å²) in [5, 5.41) is 2.00. The third-order valence-electron chi connectivity index (χ3n) is 2.10. The Balaban J connectivity index is 1.97. The summed E-state index contributed by atoms with van der Waals surface area (Å²) < 4.78 is 5.15. The number of primary amides is 1. The standard InChI is InChI=1S/C13H12N2O2S/c14-13(16)9-17-11-5-3-10(4-6-11)15-8-12-2-1-7-18-12/h1-8H,9H2,(H2,14,16). The van der Waals surface area contributed by atoms with Crippen LogP contribution < -0.4 is 10.5 Å². The number of hydrogen-bond donors (Lipinski definition) is 1. The van der Waals surface area contributed by atoms with E-state index in [1.54, 1.807) is 23.5 Å². The van der Waals surface area contributed by atoms with Crippen LogP contribution in [0.3, 0.4) is 0 Å². The van der Waals surface area contributed by atoms with Crippen LogP contribution >= 0.6 is 11.3 Å². The Hall–Kier alpha value is -2.14. The first kappa shape index (κ1) is 12.3. The highest BCUT2D eigenvalue weighted by Gasteiger charge is 1.97. The minimum absolute atomic E-state index is 0.113. The van der Waals surface area contributed by atoms with Crippen LogP contribution in [0, 0.1) is 0 Å². The van der Waals surface area contributed by atoms with E-state index in [-0.39, 0.29) is 6.61 Å². The number of carbonyl (C=O) groups excluding carboxylic acids is 1. The fraction of sp³-hybridized carbons (Fsp3) is 0.0769. The van der Waals surface area contributed by atoms with Crippen molar-refractivity contribution < 1.29 is 9.53 Å². The van der Waals surface area contributed by atoms with Gasteiger partial charge in [-0.2, -0.15) is 0 Å². The first-order valence-corrected chi connectivity index (χ1v) is 6.21. The maximum Gasteiger partial charge on any atom is 0.255 e. The summed E-state index contributed by atoms with van der Waals surface area (Å²) in [6.45, 7) is -0.113. The maximum atomic E-state index is 10.5. The van der Waals surface area contributed by atoms with Crippen LogP contribution in [-0.2, 0) is 4.79 Å². The van der Waals surface area contributed by atoms with Crippen LogP contribution in [0.4, 0.5) is 5.69 Å². The summed E-state index contributed by atoms with van der Waals surface area (Å²) >= 11 is 1.63. The molecule has 0 atom stereocenters. The van der Waals surface area contributed by atoms with Gasteiger partial charge in [0, 0.05) is 11.1 Å². The van der Waals surface area contributed by atoms with Crippen LogP contribution in [0.2, 0.25) is 0 Å². The number of hydrogen-bond acceptors (Lipinski definition) is 4. The van der Waals surface area contributed by atoms with E-state index in [4.69, 9.17) is 10.5 Å². The highest BCUT2D eigenvalue weighted by atomic mass is 32.1. The number of carbonyl (C=O) groups is 1. The van der Waals surface area contributed by atoms with Gasteiger partial charge >= 0.3 is 0 Å². The number of nitrogens with zero attached hydrogens (tertiary/aromatic N) is 1. The number of rotatable bonds is 5. The molecule has 0 saturated heterocycles. The van der Waals surface area contributed by atoms with Crippen molar-refractivity contribution in [1.82, 2.24) is 0 Å². The molecule has 0 unspecified atom stereocenters. The average molecular weight is 260 g/mol. The van der Waals surface area contributed by atoms with E-state index in [9.17, 15) is 4.79 Å².